The van der Waals surface area contributed by atoms with Gasteiger partial charge in [0.25, 0.3) is 0 Å². The highest BCUT2D eigenvalue weighted by Crippen LogP contribution is 2.25. The molecule has 3 rings (SSSR count). The van der Waals surface area contributed by atoms with Gasteiger partial charge in [-0.05, 0) is 35.8 Å². The quantitative estimate of drug-likeness (QED) is 0.882. The van der Waals surface area contributed by atoms with Crippen LogP contribution in [0.2, 0.25) is 5.02 Å². The van der Waals surface area contributed by atoms with Gasteiger partial charge in [0, 0.05) is 17.4 Å². The van der Waals surface area contributed by atoms with Crippen LogP contribution in [-0.4, -0.2) is 17.3 Å². The Hall–Kier alpha value is -2.33. The summed E-state index contributed by atoms with van der Waals surface area (Å²) >= 11 is 6.19. The number of carbonyl (C=O) groups excluding carboxylic acids is 1. The summed E-state index contributed by atoms with van der Waals surface area (Å²) in [6.07, 6.45) is 5.08. The number of rotatable bonds is 4. The Kier molecular flexibility index (Phi) is 3.88. The molecule has 1 aromatic carbocycles. The van der Waals surface area contributed by atoms with Gasteiger partial charge < -0.3 is 10.2 Å². The first-order chi connectivity index (χ1) is 10.3. The molecule has 2 heterocycles. The van der Waals surface area contributed by atoms with Crippen molar-refractivity contribution < 1.29 is 4.79 Å². The van der Waals surface area contributed by atoms with Crippen molar-refractivity contribution in [2.45, 2.75) is 12.5 Å². The third-order valence-corrected chi connectivity index (χ3v) is 3.79. The fraction of sp³-hybridized carbons (Fsp3) is 0.125. The molecule has 5 heteroatoms. The maximum absolute atomic E-state index is 11.5. The van der Waals surface area contributed by atoms with Gasteiger partial charge in [0.15, 0.2) is 0 Å². The van der Waals surface area contributed by atoms with E-state index in [0.29, 0.717) is 17.3 Å². The fourth-order valence-corrected chi connectivity index (χ4v) is 2.56. The Balaban J connectivity index is 1.82. The van der Waals surface area contributed by atoms with E-state index in [2.05, 4.69) is 10.4 Å². The van der Waals surface area contributed by atoms with Crippen LogP contribution in [-0.2, 0) is 11.2 Å². The van der Waals surface area contributed by atoms with Crippen LogP contribution >= 0.6 is 11.6 Å². The number of pyridine rings is 1. The minimum atomic E-state index is -0.379. The van der Waals surface area contributed by atoms with Crippen molar-refractivity contribution in [1.82, 2.24) is 10.4 Å². The van der Waals surface area contributed by atoms with E-state index in [-0.39, 0.29) is 6.04 Å². The highest BCUT2D eigenvalue weighted by Gasteiger charge is 2.28. The molecule has 0 saturated heterocycles. The number of benzene rings is 1. The number of nitrogens with zero attached hydrogens (tertiary/aromatic N) is 2. The molecular weight excluding hydrogens is 286 g/mol. The van der Waals surface area contributed by atoms with Crippen molar-refractivity contribution in [3.05, 3.63) is 71.0 Å². The Morgan fingerprint density at radius 2 is 2.05 bits per heavy atom. The highest BCUT2D eigenvalue weighted by molar-refractivity contribution is 6.31. The number of aldehydes is 1. The molecule has 1 aromatic heterocycles. The van der Waals surface area contributed by atoms with Gasteiger partial charge in [0.05, 0.1) is 0 Å². The maximum Gasteiger partial charge on any atom is 0.148 e. The van der Waals surface area contributed by atoms with Gasteiger partial charge in [-0.15, -0.1) is 0 Å². The first-order valence-electron chi connectivity index (χ1n) is 6.63. The summed E-state index contributed by atoms with van der Waals surface area (Å²) < 4.78 is 0. The monoisotopic (exact) mass is 299 g/mol. The van der Waals surface area contributed by atoms with Crippen molar-refractivity contribution in [3.8, 4) is 0 Å². The molecule has 106 valence electrons. The van der Waals surface area contributed by atoms with Crippen molar-refractivity contribution in [2.75, 3.05) is 5.01 Å². The lowest BCUT2D eigenvalue weighted by Crippen LogP contribution is -2.40. The predicted octanol–water partition coefficient (Wildman–Crippen LogP) is 2.75. The summed E-state index contributed by atoms with van der Waals surface area (Å²) in [6.45, 7) is 0. The molecular formula is C16H14ClN3O. The third-order valence-electron chi connectivity index (χ3n) is 3.42. The molecule has 0 amide bonds. The van der Waals surface area contributed by atoms with Gasteiger partial charge in [0.2, 0.25) is 0 Å². The minimum absolute atomic E-state index is 0.379. The van der Waals surface area contributed by atoms with E-state index in [0.717, 1.165) is 17.4 Å². The second kappa shape index (κ2) is 5.97. The number of hydrogen-bond acceptors (Lipinski definition) is 4. The fourth-order valence-electron chi connectivity index (χ4n) is 2.35. The summed E-state index contributed by atoms with van der Waals surface area (Å²) in [5.74, 6) is 0.708. The van der Waals surface area contributed by atoms with E-state index in [1.807, 2.05) is 48.7 Å². The van der Waals surface area contributed by atoms with Crippen LogP contribution in [0.15, 0.2) is 60.4 Å². The standard InChI is InChI=1S/C16H14ClN3O/c17-14-6-2-1-5-12(14)9-13-10-19-20(15(13)11-21)16-7-3-4-8-18-16/h1-8,10-11,15,19H,9H2. The van der Waals surface area contributed by atoms with E-state index in [1.165, 1.54) is 0 Å². The molecule has 4 nitrogen and oxygen atoms in total. The molecule has 0 radical (unpaired) electrons. The number of halogens is 1. The van der Waals surface area contributed by atoms with E-state index in [4.69, 9.17) is 11.6 Å². The SMILES string of the molecule is O=CC1C(Cc2ccccc2Cl)=CNN1c1ccccn1. The number of anilines is 1. The van der Waals surface area contributed by atoms with Crippen molar-refractivity contribution in [1.29, 1.82) is 0 Å². The minimum Gasteiger partial charge on any atom is -0.303 e. The topological polar surface area (TPSA) is 45.2 Å². The normalized spacial score (nSPS) is 17.3. The van der Waals surface area contributed by atoms with Crippen LogP contribution in [0, 0.1) is 0 Å². The summed E-state index contributed by atoms with van der Waals surface area (Å²) in [5, 5.41) is 2.46. The Labute approximate surface area is 128 Å². The zero-order valence-electron chi connectivity index (χ0n) is 11.2. The second-order valence-corrected chi connectivity index (χ2v) is 5.16. The van der Waals surface area contributed by atoms with E-state index >= 15 is 0 Å². The first kappa shape index (κ1) is 13.6. The van der Waals surface area contributed by atoms with Gasteiger partial charge in [0.1, 0.15) is 18.1 Å². The predicted molar refractivity (Wildman–Crippen MR) is 82.9 cm³/mol. The van der Waals surface area contributed by atoms with Crippen molar-refractivity contribution >= 4 is 23.7 Å². The average Bonchev–Trinajstić information content (AvgIpc) is 2.93. The summed E-state index contributed by atoms with van der Waals surface area (Å²) in [6, 6.07) is 12.9. The number of hydrogen-bond donors (Lipinski definition) is 1. The van der Waals surface area contributed by atoms with Crippen LogP contribution in [0.5, 0.6) is 0 Å². The molecule has 0 aliphatic carbocycles. The van der Waals surface area contributed by atoms with Crippen LogP contribution in [0.4, 0.5) is 5.82 Å². The molecule has 0 saturated carbocycles. The molecule has 1 aliphatic heterocycles. The molecule has 1 atom stereocenters. The van der Waals surface area contributed by atoms with Gasteiger partial charge in [-0.3, -0.25) is 5.01 Å². The van der Waals surface area contributed by atoms with Gasteiger partial charge >= 0.3 is 0 Å². The van der Waals surface area contributed by atoms with Crippen LogP contribution < -0.4 is 10.4 Å². The highest BCUT2D eigenvalue weighted by atomic mass is 35.5. The summed E-state index contributed by atoms with van der Waals surface area (Å²) in [5.41, 5.74) is 5.06. The van der Waals surface area contributed by atoms with E-state index in [1.54, 1.807) is 11.2 Å². The number of hydrazine groups is 1. The Bertz CT molecular complexity index is 672. The smallest absolute Gasteiger partial charge is 0.148 e. The summed E-state index contributed by atoms with van der Waals surface area (Å²) in [7, 11) is 0. The third kappa shape index (κ3) is 2.76. The summed E-state index contributed by atoms with van der Waals surface area (Å²) in [4.78, 5) is 15.8. The second-order valence-electron chi connectivity index (χ2n) is 4.76. The number of nitrogens with one attached hydrogen (secondary N) is 1. The molecule has 0 fully saturated rings. The number of carbonyl (C=O) groups is 1. The lowest BCUT2D eigenvalue weighted by Gasteiger charge is -2.23. The van der Waals surface area contributed by atoms with E-state index in [9.17, 15) is 4.79 Å². The van der Waals surface area contributed by atoms with Gasteiger partial charge in [-0.2, -0.15) is 0 Å². The van der Waals surface area contributed by atoms with Crippen molar-refractivity contribution in [2.24, 2.45) is 0 Å². The molecule has 1 aliphatic rings. The van der Waals surface area contributed by atoms with Gasteiger partial charge in [-0.1, -0.05) is 35.9 Å². The van der Waals surface area contributed by atoms with Crippen LogP contribution in [0.1, 0.15) is 5.56 Å². The molecule has 0 bridgehead atoms. The molecule has 1 N–H and O–H groups in total. The van der Waals surface area contributed by atoms with E-state index < -0.39 is 0 Å². The number of aromatic nitrogens is 1. The zero-order chi connectivity index (χ0) is 14.7. The van der Waals surface area contributed by atoms with Crippen molar-refractivity contribution in [3.63, 3.8) is 0 Å². The molecule has 2 aromatic rings. The molecule has 21 heavy (non-hydrogen) atoms. The van der Waals surface area contributed by atoms with Crippen LogP contribution in [0.25, 0.3) is 0 Å². The zero-order valence-corrected chi connectivity index (χ0v) is 12.0. The lowest BCUT2D eigenvalue weighted by atomic mass is 10.0. The maximum atomic E-state index is 11.5. The average molecular weight is 300 g/mol. The lowest BCUT2D eigenvalue weighted by molar-refractivity contribution is -0.108. The first-order valence-corrected chi connectivity index (χ1v) is 7.01. The molecule has 0 spiro atoms. The molecule has 1 unspecified atom stereocenters. The van der Waals surface area contributed by atoms with Gasteiger partial charge in [-0.25, -0.2) is 4.98 Å². The largest absolute Gasteiger partial charge is 0.303 e. The van der Waals surface area contributed by atoms with Crippen LogP contribution in [0.3, 0.4) is 0 Å². The Morgan fingerprint density at radius 3 is 2.76 bits per heavy atom. The Morgan fingerprint density at radius 1 is 1.24 bits per heavy atom.